The van der Waals surface area contributed by atoms with E-state index < -0.39 is 0 Å². The van der Waals surface area contributed by atoms with E-state index in [1.165, 1.54) is 6.92 Å². The van der Waals surface area contributed by atoms with Crippen LogP contribution in [0.15, 0.2) is 18.8 Å². The summed E-state index contributed by atoms with van der Waals surface area (Å²) in [6, 6.07) is 1.70. The third kappa shape index (κ3) is 7.96. The molecule has 1 aromatic rings. The molecular weight excluding hydrogens is 440 g/mol. The van der Waals surface area contributed by atoms with E-state index in [0.29, 0.717) is 5.82 Å². The zero-order valence-electron chi connectivity index (χ0n) is 7.91. The largest absolute Gasteiger partial charge is 0.309 e. The number of carbonyl (C=O) groups is 1. The lowest BCUT2D eigenvalue weighted by atomic mass is 10.3. The highest BCUT2D eigenvalue weighted by molar-refractivity contribution is 14.3. The average Bonchev–Trinajstić information content (AvgIpc) is 2.18. The van der Waals surface area contributed by atoms with Crippen molar-refractivity contribution in [2.45, 2.75) is 6.92 Å². The van der Waals surface area contributed by atoms with Crippen LogP contribution >= 0.6 is 48.5 Å². The molecule has 0 aliphatic carbocycles. The lowest BCUT2D eigenvalue weighted by Crippen LogP contribution is -2.07. The molecule has 0 saturated carbocycles. The molecule has 0 aliphatic heterocycles. The Labute approximate surface area is 117 Å². The topological polar surface area (TPSA) is 54.9 Å². The third-order valence-electron chi connectivity index (χ3n) is 1.22. The van der Waals surface area contributed by atoms with Gasteiger partial charge in [-0.3, -0.25) is 4.79 Å². The van der Waals surface area contributed by atoms with Gasteiger partial charge in [-0.2, -0.15) is 5.10 Å². The van der Waals surface area contributed by atoms with Gasteiger partial charge in [-0.1, -0.05) is 12.7 Å². The quantitative estimate of drug-likeness (QED) is 0.703. The minimum Gasteiger partial charge on any atom is -0.309 e. The molecule has 7 heteroatoms. The summed E-state index contributed by atoms with van der Waals surface area (Å²) in [6.45, 7) is 4.99. The van der Waals surface area contributed by atoms with E-state index in [9.17, 15) is 4.79 Å². The molecule has 0 radical (unpaired) electrons. The summed E-state index contributed by atoms with van der Waals surface area (Å²) in [7, 11) is 0. The van der Waals surface area contributed by atoms with Crippen molar-refractivity contribution in [2.75, 3.05) is 5.32 Å². The number of halogens is 2. The maximum atomic E-state index is 10.6. The molecule has 0 aromatic carbocycles. The van der Waals surface area contributed by atoms with E-state index in [-0.39, 0.29) is 5.91 Å². The lowest BCUT2D eigenvalue weighted by Gasteiger charge is -1.99. The molecule has 1 rings (SSSR count). The van der Waals surface area contributed by atoms with Crippen LogP contribution in [-0.4, -0.2) is 16.1 Å². The normalized spacial score (nSPS) is 8.47. The third-order valence-corrected chi connectivity index (χ3v) is 1.22. The molecule has 0 spiro atoms. The summed E-state index contributed by atoms with van der Waals surface area (Å²) in [6.07, 6.45) is 4.90. The molecule has 1 heterocycles. The Morgan fingerprint density at radius 3 is 2.73 bits per heavy atom. The standard InChI is InChI=1S/C8H9N3O.I2S/c1-3-7-4-8(10-6(2)12)11-9-5-7;1-3-2/h3-5H,1H2,2H3,(H,10,11,12);. The Kier molecular flexibility index (Phi) is 9.40. The van der Waals surface area contributed by atoms with Gasteiger partial charge in [-0.05, 0) is 17.7 Å². The molecule has 15 heavy (non-hydrogen) atoms. The molecule has 0 fully saturated rings. The zero-order valence-corrected chi connectivity index (χ0v) is 13.0. The van der Waals surface area contributed by atoms with Crippen molar-refractivity contribution in [2.24, 2.45) is 0 Å². The first-order chi connectivity index (χ1) is 7.13. The molecule has 0 aliphatic rings. The molecule has 0 unspecified atom stereocenters. The van der Waals surface area contributed by atoms with Crippen LogP contribution in [-0.2, 0) is 4.79 Å². The van der Waals surface area contributed by atoms with Crippen molar-refractivity contribution >= 4 is 66.3 Å². The molecule has 1 aromatic heterocycles. The van der Waals surface area contributed by atoms with Gasteiger partial charge in [0.1, 0.15) is 0 Å². The highest BCUT2D eigenvalue weighted by atomic mass is 127. The first kappa shape index (κ1) is 15.1. The monoisotopic (exact) mass is 449 g/mol. The van der Waals surface area contributed by atoms with Crippen LogP contribution in [0.25, 0.3) is 6.08 Å². The van der Waals surface area contributed by atoms with Crippen molar-refractivity contribution in [1.82, 2.24) is 10.2 Å². The number of hydrogen-bond donors (Lipinski definition) is 1. The number of carbonyl (C=O) groups excluding carboxylic acids is 1. The smallest absolute Gasteiger partial charge is 0.222 e. The minimum atomic E-state index is -0.162. The second-order valence-corrected chi connectivity index (χ2v) is 10.1. The SMILES string of the molecule is C=Cc1cnnc(NC(C)=O)c1.ISI. The van der Waals surface area contributed by atoms with Crippen LogP contribution in [0.3, 0.4) is 0 Å². The van der Waals surface area contributed by atoms with Crippen molar-refractivity contribution < 1.29 is 4.79 Å². The average molecular weight is 449 g/mol. The second kappa shape index (κ2) is 9.33. The van der Waals surface area contributed by atoms with Crippen molar-refractivity contribution in [3.63, 3.8) is 0 Å². The van der Waals surface area contributed by atoms with Gasteiger partial charge in [0.05, 0.1) is 6.20 Å². The number of nitrogens with zero attached hydrogens (tertiary/aromatic N) is 2. The van der Waals surface area contributed by atoms with E-state index >= 15 is 0 Å². The van der Waals surface area contributed by atoms with Crippen molar-refractivity contribution in [3.8, 4) is 0 Å². The molecule has 0 atom stereocenters. The molecule has 0 bridgehead atoms. The highest BCUT2D eigenvalue weighted by Gasteiger charge is 1.96. The van der Waals surface area contributed by atoms with Gasteiger partial charge >= 0.3 is 0 Å². The number of rotatable bonds is 2. The van der Waals surface area contributed by atoms with E-state index in [1.54, 1.807) is 24.4 Å². The van der Waals surface area contributed by atoms with Gasteiger partial charge in [-0.15, -0.1) is 5.10 Å². The summed E-state index contributed by atoms with van der Waals surface area (Å²) >= 11 is 4.38. The fraction of sp³-hybridized carbons (Fsp3) is 0.125. The molecule has 82 valence electrons. The van der Waals surface area contributed by atoms with Crippen LogP contribution in [0.4, 0.5) is 5.82 Å². The summed E-state index contributed by atoms with van der Waals surface area (Å²) in [5, 5.41) is 9.89. The summed E-state index contributed by atoms with van der Waals surface area (Å²) in [5.41, 5.74) is 0.828. The molecular formula is C8H9I2N3OS. The molecule has 0 saturated heterocycles. The Balaban J connectivity index is 0.000000583. The van der Waals surface area contributed by atoms with E-state index in [0.717, 1.165) is 5.56 Å². The Morgan fingerprint density at radius 1 is 1.67 bits per heavy atom. The van der Waals surface area contributed by atoms with Crippen LogP contribution in [0.1, 0.15) is 12.5 Å². The van der Waals surface area contributed by atoms with Gasteiger partial charge in [-0.25, -0.2) is 0 Å². The predicted molar refractivity (Wildman–Crippen MR) is 82.1 cm³/mol. The number of hydrogen-bond acceptors (Lipinski definition) is 4. The van der Waals surface area contributed by atoms with Crippen LogP contribution in [0.2, 0.25) is 0 Å². The van der Waals surface area contributed by atoms with E-state index in [2.05, 4.69) is 64.5 Å². The van der Waals surface area contributed by atoms with Gasteiger partial charge in [0, 0.05) is 49.3 Å². The van der Waals surface area contributed by atoms with Gasteiger partial charge < -0.3 is 5.32 Å². The minimum absolute atomic E-state index is 0.162. The number of aromatic nitrogens is 2. The van der Waals surface area contributed by atoms with Gasteiger partial charge in [0.25, 0.3) is 0 Å². The maximum absolute atomic E-state index is 10.6. The molecule has 1 N–H and O–H groups in total. The molecule has 1 amide bonds. The predicted octanol–water partition coefficient (Wildman–Crippen LogP) is 3.50. The van der Waals surface area contributed by atoms with E-state index in [4.69, 9.17) is 0 Å². The maximum Gasteiger partial charge on any atom is 0.222 e. The Bertz CT molecular complexity index is 335. The van der Waals surface area contributed by atoms with Gasteiger partial charge in [0.2, 0.25) is 5.91 Å². The summed E-state index contributed by atoms with van der Waals surface area (Å²) in [5.74, 6) is 0.283. The fourth-order valence-electron chi connectivity index (χ4n) is 0.735. The fourth-order valence-corrected chi connectivity index (χ4v) is 0.735. The van der Waals surface area contributed by atoms with Crippen LogP contribution < -0.4 is 5.32 Å². The van der Waals surface area contributed by atoms with Crippen LogP contribution in [0.5, 0.6) is 0 Å². The summed E-state index contributed by atoms with van der Waals surface area (Å²) < 4.78 is 0. The lowest BCUT2D eigenvalue weighted by molar-refractivity contribution is -0.114. The van der Waals surface area contributed by atoms with Crippen molar-refractivity contribution in [3.05, 3.63) is 24.4 Å². The second-order valence-electron chi connectivity index (χ2n) is 2.32. The highest BCUT2D eigenvalue weighted by Crippen LogP contribution is 2.19. The Morgan fingerprint density at radius 2 is 2.27 bits per heavy atom. The summed E-state index contributed by atoms with van der Waals surface area (Å²) in [4.78, 5) is 10.6. The Hall–Kier alpha value is 0.100. The zero-order chi connectivity index (χ0) is 11.7. The number of anilines is 1. The van der Waals surface area contributed by atoms with Crippen molar-refractivity contribution in [1.29, 1.82) is 0 Å². The first-order valence-electron chi connectivity index (χ1n) is 3.76. The number of nitrogens with one attached hydrogen (secondary N) is 1. The van der Waals surface area contributed by atoms with E-state index in [1.807, 2.05) is 0 Å². The first-order valence-corrected chi connectivity index (χ1v) is 9.66. The number of amides is 1. The van der Waals surface area contributed by atoms with Gasteiger partial charge in [0.15, 0.2) is 5.82 Å². The molecule has 4 nitrogen and oxygen atoms in total. The van der Waals surface area contributed by atoms with Crippen LogP contribution in [0, 0.1) is 0 Å².